The zero-order chi connectivity index (χ0) is 32.0. The average Bonchev–Trinajstić information content (AvgIpc) is 3.59. The Morgan fingerprint density at radius 3 is 1.61 bits per heavy atom. The molecule has 2 aromatic heterocycles. The minimum Gasteiger partial charge on any atom is -0.480 e. The number of benzene rings is 2. The molecule has 0 aliphatic rings. The first kappa shape index (κ1) is 31.7. The topological polar surface area (TPSA) is 246 Å². The number of aliphatic carboxylic acids is 1. The van der Waals surface area contributed by atoms with Gasteiger partial charge in [-0.2, -0.15) is 0 Å². The van der Waals surface area contributed by atoms with E-state index in [1.54, 1.807) is 18.5 Å². The van der Waals surface area contributed by atoms with Crippen molar-refractivity contribution in [1.29, 1.82) is 0 Å². The number of aromatic nitrogens is 2. The molecular formula is C30H35N7O7. The molecule has 4 amide bonds. The number of aliphatic hydroxyl groups is 1. The fraction of sp³-hybridized carbons (Fsp3) is 0.300. The largest absolute Gasteiger partial charge is 0.480 e. The van der Waals surface area contributed by atoms with E-state index in [2.05, 4.69) is 25.9 Å². The van der Waals surface area contributed by atoms with Gasteiger partial charge in [-0.15, -0.1) is 0 Å². The molecule has 0 saturated carbocycles. The summed E-state index contributed by atoms with van der Waals surface area (Å²) in [4.78, 5) is 69.5. The maximum atomic E-state index is 13.8. The van der Waals surface area contributed by atoms with E-state index in [4.69, 9.17) is 11.5 Å². The minimum absolute atomic E-state index is 0.00499. The Kier molecular flexibility index (Phi) is 9.98. The molecule has 232 valence electrons. The van der Waals surface area contributed by atoms with Crippen molar-refractivity contribution in [3.8, 4) is 0 Å². The number of amides is 4. The molecule has 0 aliphatic carbocycles. The van der Waals surface area contributed by atoms with Crippen LogP contribution in [0.2, 0.25) is 0 Å². The van der Waals surface area contributed by atoms with E-state index in [0.29, 0.717) is 11.1 Å². The molecule has 2 heterocycles. The summed E-state index contributed by atoms with van der Waals surface area (Å²) >= 11 is 0. The van der Waals surface area contributed by atoms with E-state index in [1.807, 2.05) is 42.5 Å². The van der Waals surface area contributed by atoms with Gasteiger partial charge in [-0.05, 0) is 30.2 Å². The number of para-hydroxylation sites is 2. The molecule has 11 N–H and O–H groups in total. The summed E-state index contributed by atoms with van der Waals surface area (Å²) in [5.74, 6) is -4.85. The highest BCUT2D eigenvalue weighted by atomic mass is 16.4. The molecule has 4 aromatic rings. The van der Waals surface area contributed by atoms with Crippen LogP contribution in [0.3, 0.4) is 0 Å². The molecule has 0 fully saturated rings. The van der Waals surface area contributed by atoms with E-state index in [-0.39, 0.29) is 12.8 Å². The first-order chi connectivity index (χ1) is 20.9. The van der Waals surface area contributed by atoms with Crippen LogP contribution in [0.25, 0.3) is 21.8 Å². The number of carboxylic acid groups (broad SMARTS) is 1. The van der Waals surface area contributed by atoms with E-state index in [1.165, 1.54) is 6.92 Å². The second-order valence-corrected chi connectivity index (χ2v) is 10.6. The lowest BCUT2D eigenvalue weighted by molar-refractivity contribution is -0.143. The molecule has 5 unspecified atom stereocenters. The molecule has 0 radical (unpaired) electrons. The van der Waals surface area contributed by atoms with Crippen LogP contribution in [0.4, 0.5) is 0 Å². The fourth-order valence-corrected chi connectivity index (χ4v) is 4.89. The number of carbonyl (C=O) groups is 5. The van der Waals surface area contributed by atoms with Crippen molar-refractivity contribution in [3.05, 3.63) is 72.1 Å². The van der Waals surface area contributed by atoms with E-state index >= 15 is 0 Å². The van der Waals surface area contributed by atoms with Gasteiger partial charge in [0.1, 0.15) is 24.2 Å². The van der Waals surface area contributed by atoms with Crippen LogP contribution < -0.4 is 27.4 Å². The predicted molar refractivity (Wildman–Crippen MR) is 161 cm³/mol. The average molecular weight is 606 g/mol. The third-order valence-corrected chi connectivity index (χ3v) is 7.31. The van der Waals surface area contributed by atoms with Gasteiger partial charge in [0.25, 0.3) is 0 Å². The molecule has 14 nitrogen and oxygen atoms in total. The lowest BCUT2D eigenvalue weighted by atomic mass is 10.0. The predicted octanol–water partition coefficient (Wildman–Crippen LogP) is -0.443. The zero-order valence-corrected chi connectivity index (χ0v) is 23.9. The van der Waals surface area contributed by atoms with Crippen LogP contribution in [0, 0.1) is 0 Å². The summed E-state index contributed by atoms with van der Waals surface area (Å²) < 4.78 is 0. The van der Waals surface area contributed by atoms with Gasteiger partial charge >= 0.3 is 5.97 Å². The minimum atomic E-state index is -1.63. The second kappa shape index (κ2) is 13.8. The van der Waals surface area contributed by atoms with E-state index in [0.717, 1.165) is 21.8 Å². The van der Waals surface area contributed by atoms with Crippen LogP contribution in [0.15, 0.2) is 60.9 Å². The monoisotopic (exact) mass is 605 g/mol. The summed E-state index contributed by atoms with van der Waals surface area (Å²) in [5, 5.41) is 28.5. The molecule has 2 aromatic carbocycles. The first-order valence-electron chi connectivity index (χ1n) is 13.9. The third-order valence-electron chi connectivity index (χ3n) is 7.31. The van der Waals surface area contributed by atoms with Crippen molar-refractivity contribution in [1.82, 2.24) is 25.9 Å². The Morgan fingerprint density at radius 1 is 0.750 bits per heavy atom. The summed E-state index contributed by atoms with van der Waals surface area (Å²) in [7, 11) is 0. The number of aliphatic hydroxyl groups excluding tert-OH is 1. The third kappa shape index (κ3) is 7.59. The van der Waals surface area contributed by atoms with Crippen LogP contribution in [-0.4, -0.2) is 80.1 Å². The van der Waals surface area contributed by atoms with E-state index < -0.39 is 66.3 Å². The summed E-state index contributed by atoms with van der Waals surface area (Å²) in [5.41, 5.74) is 13.9. The Morgan fingerprint density at radius 2 is 1.18 bits per heavy atom. The lowest BCUT2D eigenvalue weighted by Gasteiger charge is -2.25. The number of carbonyl (C=O) groups excluding carboxylic acids is 4. The standard InChI is InChI=1S/C30H35N7O7/c1-15(38)26(32)29(42)36-23(11-17-14-34-21-9-5-3-7-19(17)21)27(40)35-22(28(41)37-24(30(43)44)12-25(31)39)10-16-13-33-20-8-4-2-6-18(16)20/h2-9,13-15,22-24,26,33-34,38H,10-12,32H2,1H3,(H2,31,39)(H,35,40)(H,36,42)(H,37,41)(H,43,44). The summed E-state index contributed by atoms with van der Waals surface area (Å²) in [6.07, 6.45) is 1.43. The van der Waals surface area contributed by atoms with Gasteiger partial charge in [0.15, 0.2) is 0 Å². The van der Waals surface area contributed by atoms with Gasteiger partial charge < -0.3 is 47.6 Å². The quantitative estimate of drug-likeness (QED) is 0.0909. The molecular weight excluding hydrogens is 570 g/mol. The van der Waals surface area contributed by atoms with Gasteiger partial charge in [0.2, 0.25) is 23.6 Å². The maximum Gasteiger partial charge on any atom is 0.326 e. The number of primary amides is 1. The number of aromatic amines is 2. The molecule has 0 bridgehead atoms. The number of hydrogen-bond acceptors (Lipinski definition) is 7. The highest BCUT2D eigenvalue weighted by molar-refractivity contribution is 5.96. The highest BCUT2D eigenvalue weighted by Crippen LogP contribution is 2.21. The molecule has 4 rings (SSSR count). The smallest absolute Gasteiger partial charge is 0.326 e. The van der Waals surface area contributed by atoms with Crippen molar-refractivity contribution in [2.24, 2.45) is 11.5 Å². The van der Waals surface area contributed by atoms with Gasteiger partial charge in [0, 0.05) is 47.0 Å². The molecule has 0 saturated heterocycles. The van der Waals surface area contributed by atoms with Gasteiger partial charge in [-0.3, -0.25) is 19.2 Å². The number of fused-ring (bicyclic) bond motifs is 2. The number of nitrogens with two attached hydrogens (primary N) is 2. The van der Waals surface area contributed by atoms with Crippen LogP contribution in [-0.2, 0) is 36.8 Å². The van der Waals surface area contributed by atoms with Crippen molar-refractivity contribution < 1.29 is 34.2 Å². The lowest BCUT2D eigenvalue weighted by Crippen LogP contribution is -2.59. The zero-order valence-electron chi connectivity index (χ0n) is 23.9. The molecule has 5 atom stereocenters. The molecule has 44 heavy (non-hydrogen) atoms. The Bertz CT molecular complexity index is 1680. The summed E-state index contributed by atoms with van der Waals surface area (Å²) in [6.45, 7) is 1.34. The van der Waals surface area contributed by atoms with Crippen molar-refractivity contribution in [2.45, 2.75) is 56.5 Å². The SMILES string of the molecule is CC(O)C(N)C(=O)NC(Cc1c[nH]c2ccccc12)C(=O)NC(Cc1c[nH]c2ccccc12)C(=O)NC(CC(N)=O)C(=O)O. The number of rotatable bonds is 14. The molecule has 14 heteroatoms. The van der Waals surface area contributed by atoms with E-state index in [9.17, 15) is 34.2 Å². The van der Waals surface area contributed by atoms with Gasteiger partial charge in [0.05, 0.1) is 12.5 Å². The second-order valence-electron chi connectivity index (χ2n) is 10.6. The Balaban J connectivity index is 1.65. The van der Waals surface area contributed by atoms with Crippen LogP contribution in [0.5, 0.6) is 0 Å². The van der Waals surface area contributed by atoms with Gasteiger partial charge in [-0.1, -0.05) is 36.4 Å². The van der Waals surface area contributed by atoms with Crippen LogP contribution in [0.1, 0.15) is 24.5 Å². The fourth-order valence-electron chi connectivity index (χ4n) is 4.89. The molecule has 0 aliphatic heterocycles. The number of nitrogens with one attached hydrogen (secondary N) is 5. The Hall–Kier alpha value is -5.21. The maximum absolute atomic E-state index is 13.8. The van der Waals surface area contributed by atoms with Crippen molar-refractivity contribution in [3.63, 3.8) is 0 Å². The Labute approximate surface area is 251 Å². The highest BCUT2D eigenvalue weighted by Gasteiger charge is 2.32. The van der Waals surface area contributed by atoms with Crippen molar-refractivity contribution >= 4 is 51.4 Å². The number of hydrogen-bond donors (Lipinski definition) is 9. The normalized spacial score (nSPS) is 14.7. The first-order valence-corrected chi connectivity index (χ1v) is 13.9. The van der Waals surface area contributed by atoms with Gasteiger partial charge in [-0.25, -0.2) is 4.79 Å². The summed E-state index contributed by atoms with van der Waals surface area (Å²) in [6, 6.07) is 9.10. The van der Waals surface area contributed by atoms with Crippen molar-refractivity contribution in [2.75, 3.05) is 0 Å². The number of H-pyrrole nitrogens is 2. The van der Waals surface area contributed by atoms with Crippen LogP contribution >= 0.6 is 0 Å². The molecule has 0 spiro atoms. The number of carboxylic acids is 1.